The highest BCUT2D eigenvalue weighted by Gasteiger charge is 2.19. The molecule has 120 valence electrons. The number of furan rings is 1. The van der Waals surface area contributed by atoms with Gasteiger partial charge in [-0.1, -0.05) is 18.2 Å². The van der Waals surface area contributed by atoms with Crippen molar-refractivity contribution in [2.24, 2.45) is 0 Å². The third-order valence-electron chi connectivity index (χ3n) is 3.82. The number of hydrogen-bond acceptors (Lipinski definition) is 4. The van der Waals surface area contributed by atoms with Crippen molar-refractivity contribution in [2.75, 3.05) is 6.54 Å². The number of carbonyl (C=O) groups is 1. The van der Waals surface area contributed by atoms with E-state index >= 15 is 0 Å². The van der Waals surface area contributed by atoms with Crippen LogP contribution in [0.25, 0.3) is 10.1 Å². The Morgan fingerprint density at radius 2 is 2.17 bits per heavy atom. The quantitative estimate of drug-likeness (QED) is 0.604. The molecule has 0 fully saturated rings. The van der Waals surface area contributed by atoms with Crippen molar-refractivity contribution in [3.05, 3.63) is 77.8 Å². The Bertz CT molecular complexity index is 875. The van der Waals surface area contributed by atoms with Crippen molar-refractivity contribution >= 4 is 27.3 Å². The van der Waals surface area contributed by atoms with E-state index in [-0.39, 0.29) is 11.9 Å². The predicted molar refractivity (Wildman–Crippen MR) is 93.2 cm³/mol. The predicted octanol–water partition coefficient (Wildman–Crippen LogP) is 3.71. The lowest BCUT2D eigenvalue weighted by Gasteiger charge is -2.15. The largest absolute Gasteiger partial charge is 0.467 e. The molecule has 3 heterocycles. The lowest BCUT2D eigenvalue weighted by molar-refractivity contribution is 0.0952. The zero-order valence-electron chi connectivity index (χ0n) is 12.8. The van der Waals surface area contributed by atoms with Crippen LogP contribution in [0.5, 0.6) is 0 Å². The van der Waals surface area contributed by atoms with Crippen molar-refractivity contribution in [3.8, 4) is 0 Å². The molecular formula is C18H15N3O2S. The molecule has 0 saturated carbocycles. The van der Waals surface area contributed by atoms with Crippen LogP contribution in [0.4, 0.5) is 0 Å². The van der Waals surface area contributed by atoms with E-state index in [1.54, 1.807) is 17.1 Å². The monoisotopic (exact) mass is 337 g/mol. The van der Waals surface area contributed by atoms with Crippen LogP contribution in [0.15, 0.2) is 71.6 Å². The molecule has 0 saturated heterocycles. The number of benzene rings is 1. The van der Waals surface area contributed by atoms with Gasteiger partial charge in [0.15, 0.2) is 0 Å². The highest BCUT2D eigenvalue weighted by Crippen LogP contribution is 2.25. The fraction of sp³-hybridized carbons (Fsp3) is 0.111. The summed E-state index contributed by atoms with van der Waals surface area (Å²) in [6, 6.07) is 15.3. The topological polar surface area (TPSA) is 60.1 Å². The lowest BCUT2D eigenvalue weighted by atomic mass is 10.2. The number of fused-ring (bicyclic) bond motifs is 1. The van der Waals surface area contributed by atoms with E-state index in [1.165, 1.54) is 11.3 Å². The maximum Gasteiger partial charge on any atom is 0.261 e. The van der Waals surface area contributed by atoms with E-state index in [9.17, 15) is 4.79 Å². The van der Waals surface area contributed by atoms with Crippen LogP contribution in [0.2, 0.25) is 0 Å². The SMILES string of the molecule is O=C(NCC(c1ccco1)n1cccn1)c1cc2ccccc2s1. The van der Waals surface area contributed by atoms with Crippen LogP contribution < -0.4 is 5.32 Å². The van der Waals surface area contributed by atoms with E-state index in [2.05, 4.69) is 10.4 Å². The van der Waals surface area contributed by atoms with E-state index < -0.39 is 0 Å². The van der Waals surface area contributed by atoms with Crippen molar-refractivity contribution in [1.82, 2.24) is 15.1 Å². The Kier molecular flexibility index (Phi) is 3.88. The number of nitrogens with zero attached hydrogens (tertiary/aromatic N) is 2. The molecule has 4 aromatic rings. The van der Waals surface area contributed by atoms with Crippen molar-refractivity contribution < 1.29 is 9.21 Å². The van der Waals surface area contributed by atoms with E-state index in [4.69, 9.17) is 4.42 Å². The van der Waals surface area contributed by atoms with Gasteiger partial charge in [0.05, 0.1) is 11.1 Å². The number of carbonyl (C=O) groups excluding carboxylic acids is 1. The van der Waals surface area contributed by atoms with Gasteiger partial charge >= 0.3 is 0 Å². The van der Waals surface area contributed by atoms with E-state index in [0.29, 0.717) is 11.4 Å². The minimum Gasteiger partial charge on any atom is -0.467 e. The molecule has 0 spiro atoms. The Morgan fingerprint density at radius 1 is 1.25 bits per heavy atom. The van der Waals surface area contributed by atoms with Gasteiger partial charge in [0.2, 0.25) is 0 Å². The second-order valence-electron chi connectivity index (χ2n) is 5.38. The Hall–Kier alpha value is -2.86. The number of rotatable bonds is 5. The van der Waals surface area contributed by atoms with Crippen molar-refractivity contribution in [3.63, 3.8) is 0 Å². The van der Waals surface area contributed by atoms with Gasteiger partial charge in [-0.3, -0.25) is 9.48 Å². The average molecular weight is 337 g/mol. The minimum absolute atomic E-state index is 0.0834. The summed E-state index contributed by atoms with van der Waals surface area (Å²) >= 11 is 1.49. The first-order chi connectivity index (χ1) is 11.8. The van der Waals surface area contributed by atoms with Gasteiger partial charge in [-0.2, -0.15) is 5.10 Å². The van der Waals surface area contributed by atoms with Crippen molar-refractivity contribution in [1.29, 1.82) is 0 Å². The first-order valence-corrected chi connectivity index (χ1v) is 8.42. The summed E-state index contributed by atoms with van der Waals surface area (Å²) in [6.45, 7) is 0.405. The molecule has 5 nitrogen and oxygen atoms in total. The molecule has 0 aliphatic carbocycles. The maximum absolute atomic E-state index is 12.5. The zero-order chi connectivity index (χ0) is 16.4. The van der Waals surface area contributed by atoms with Gasteiger partial charge in [0.25, 0.3) is 5.91 Å². The second kappa shape index (κ2) is 6.33. The van der Waals surface area contributed by atoms with E-state index in [1.807, 2.05) is 54.7 Å². The highest BCUT2D eigenvalue weighted by atomic mass is 32.1. The first-order valence-electron chi connectivity index (χ1n) is 7.60. The maximum atomic E-state index is 12.5. The average Bonchev–Trinajstić information content (AvgIpc) is 3.35. The summed E-state index contributed by atoms with van der Waals surface area (Å²) in [7, 11) is 0. The number of thiophene rings is 1. The first kappa shape index (κ1) is 14.7. The third kappa shape index (κ3) is 2.83. The number of nitrogens with one attached hydrogen (secondary N) is 1. The minimum atomic E-state index is -0.173. The number of aromatic nitrogens is 2. The Labute approximate surface area is 142 Å². The second-order valence-corrected chi connectivity index (χ2v) is 6.46. The number of hydrogen-bond donors (Lipinski definition) is 1. The molecule has 0 aliphatic heterocycles. The van der Waals surface area contributed by atoms with Crippen LogP contribution in [0.3, 0.4) is 0 Å². The molecule has 4 rings (SSSR count). The molecule has 0 bridgehead atoms. The van der Waals surface area contributed by atoms with Gasteiger partial charge < -0.3 is 9.73 Å². The van der Waals surface area contributed by atoms with E-state index in [0.717, 1.165) is 15.8 Å². The fourth-order valence-electron chi connectivity index (χ4n) is 2.64. The van der Waals surface area contributed by atoms with Gasteiger partial charge in [-0.25, -0.2) is 0 Å². The number of amides is 1. The van der Waals surface area contributed by atoms with Gasteiger partial charge in [0.1, 0.15) is 11.8 Å². The van der Waals surface area contributed by atoms with Crippen LogP contribution in [-0.2, 0) is 0 Å². The zero-order valence-corrected chi connectivity index (χ0v) is 13.6. The summed E-state index contributed by atoms with van der Waals surface area (Å²) in [4.78, 5) is 13.2. The molecule has 6 heteroatoms. The molecule has 0 aliphatic rings. The highest BCUT2D eigenvalue weighted by molar-refractivity contribution is 7.20. The van der Waals surface area contributed by atoms with Gasteiger partial charge in [-0.15, -0.1) is 11.3 Å². The summed E-state index contributed by atoms with van der Waals surface area (Å²) in [6.07, 6.45) is 5.20. The Balaban J connectivity index is 1.52. The summed E-state index contributed by atoms with van der Waals surface area (Å²) < 4.78 is 8.39. The Morgan fingerprint density at radius 3 is 2.92 bits per heavy atom. The van der Waals surface area contributed by atoms with Gasteiger partial charge in [-0.05, 0) is 35.7 Å². The molecule has 1 aromatic carbocycles. The fourth-order valence-corrected chi connectivity index (χ4v) is 3.62. The molecule has 24 heavy (non-hydrogen) atoms. The smallest absolute Gasteiger partial charge is 0.261 e. The van der Waals surface area contributed by atoms with Gasteiger partial charge in [0, 0.05) is 23.6 Å². The molecule has 3 aromatic heterocycles. The molecule has 0 radical (unpaired) electrons. The van der Waals surface area contributed by atoms with Crippen LogP contribution in [-0.4, -0.2) is 22.2 Å². The van der Waals surface area contributed by atoms with Crippen LogP contribution in [0.1, 0.15) is 21.5 Å². The summed E-state index contributed by atoms with van der Waals surface area (Å²) in [5.74, 6) is 0.676. The van der Waals surface area contributed by atoms with Crippen LogP contribution >= 0.6 is 11.3 Å². The summed E-state index contributed by atoms with van der Waals surface area (Å²) in [5.41, 5.74) is 0. The van der Waals surface area contributed by atoms with Crippen LogP contribution in [0, 0.1) is 0 Å². The third-order valence-corrected chi connectivity index (χ3v) is 4.94. The standard InChI is InChI=1S/C18H15N3O2S/c22-18(17-11-13-5-1-2-7-16(13)24-17)19-12-14(15-6-3-10-23-15)21-9-4-8-20-21/h1-11,14H,12H2,(H,19,22). The molecular weight excluding hydrogens is 322 g/mol. The van der Waals surface area contributed by atoms with Crippen molar-refractivity contribution in [2.45, 2.75) is 6.04 Å². The summed E-state index contributed by atoms with van der Waals surface area (Å²) in [5, 5.41) is 8.34. The molecule has 1 N–H and O–H groups in total. The lowest BCUT2D eigenvalue weighted by Crippen LogP contribution is -2.31. The molecule has 1 atom stereocenters. The molecule has 1 unspecified atom stereocenters. The molecule has 1 amide bonds. The normalized spacial score (nSPS) is 12.3.